The van der Waals surface area contributed by atoms with Gasteiger partial charge in [-0.05, 0) is 94.1 Å². The van der Waals surface area contributed by atoms with Gasteiger partial charge in [-0.3, -0.25) is 9.59 Å². The van der Waals surface area contributed by atoms with Crippen molar-refractivity contribution in [3.05, 3.63) is 155 Å². The van der Waals surface area contributed by atoms with E-state index in [0.29, 0.717) is 11.1 Å². The first kappa shape index (κ1) is 45.4. The smallest absolute Gasteiger partial charge is 0.338 e. The third kappa shape index (κ3) is 7.76. The van der Waals surface area contributed by atoms with Gasteiger partial charge < -0.3 is 33.9 Å². The Balaban J connectivity index is 1.19. The minimum Gasteiger partial charge on any atom is -0.458 e. The molecule has 1 heterocycles. The van der Waals surface area contributed by atoms with E-state index in [1.54, 1.807) is 51.1 Å². The monoisotopic (exact) mass is 904 g/mol. The van der Waals surface area contributed by atoms with Gasteiger partial charge in [-0.1, -0.05) is 105 Å². The highest BCUT2D eigenvalue weighted by atomic mass is 16.6. The van der Waals surface area contributed by atoms with Crippen LogP contribution in [0.2, 0.25) is 0 Å². The molecular weight excluding hydrogens is 853 g/mol. The van der Waals surface area contributed by atoms with Crippen molar-refractivity contribution in [3.63, 3.8) is 0 Å². The Bertz CT molecular complexity index is 2910. The molecule has 3 aliphatic carbocycles. The van der Waals surface area contributed by atoms with E-state index in [9.17, 15) is 29.4 Å². The molecule has 5 aromatic rings. The SMILES string of the molecule is CC(=O)O[C@@]12CO[C@@H]1C[C@H](OC(=O)/C=C/c1ccc3ccccc3c1)[C@@]1(C)C(=O)[C@H](OC(=O)/C=C/c3ccc4ccccc4c3)C3=C(C)[C@@H](O)C[C@@](O)([C@@H](OC(=O)c4ccccc4)[C@H]21)C3(C)C. The summed E-state index contributed by atoms with van der Waals surface area (Å²) < 4.78 is 31.4. The minimum atomic E-state index is -2.26. The maximum atomic E-state index is 16.2. The van der Waals surface area contributed by atoms with Crippen LogP contribution in [0.25, 0.3) is 33.7 Å². The molecule has 2 bridgehead atoms. The van der Waals surface area contributed by atoms with Crippen LogP contribution < -0.4 is 0 Å². The lowest BCUT2D eigenvalue weighted by Crippen LogP contribution is -2.82. The van der Waals surface area contributed by atoms with Gasteiger partial charge in [-0.25, -0.2) is 14.4 Å². The quantitative estimate of drug-likeness (QED) is 0.0635. The van der Waals surface area contributed by atoms with E-state index in [1.165, 1.54) is 38.1 Å². The van der Waals surface area contributed by atoms with Crippen LogP contribution in [0.5, 0.6) is 0 Å². The van der Waals surface area contributed by atoms with E-state index in [-0.39, 0.29) is 29.7 Å². The highest BCUT2D eigenvalue weighted by Crippen LogP contribution is 2.64. The van der Waals surface area contributed by atoms with Gasteiger partial charge in [0.25, 0.3) is 0 Å². The van der Waals surface area contributed by atoms with Crippen LogP contribution in [0.1, 0.15) is 68.9 Å². The number of benzene rings is 5. The molecule has 0 amide bonds. The molecule has 4 aliphatic rings. The van der Waals surface area contributed by atoms with Crippen LogP contribution in [0, 0.1) is 16.7 Å². The molecular formula is C55H52O12. The summed E-state index contributed by atoms with van der Waals surface area (Å²) >= 11 is 0. The summed E-state index contributed by atoms with van der Waals surface area (Å²) in [6.45, 7) is 7.28. The molecule has 12 nitrogen and oxygen atoms in total. The summed E-state index contributed by atoms with van der Waals surface area (Å²) in [6.07, 6.45) is -2.41. The van der Waals surface area contributed by atoms with Gasteiger partial charge in [0.15, 0.2) is 17.5 Å². The Morgan fingerprint density at radius 2 is 1.28 bits per heavy atom. The second-order valence-electron chi connectivity index (χ2n) is 18.9. The lowest BCUT2D eigenvalue weighted by atomic mass is 9.44. The molecule has 67 heavy (non-hydrogen) atoms. The lowest BCUT2D eigenvalue weighted by Gasteiger charge is -2.67. The van der Waals surface area contributed by atoms with E-state index in [4.69, 9.17) is 23.7 Å². The standard InChI is InChI=1S/C55H52O12/c1-32-41(57)30-55(62)50(66-51(61)38-15-7-6-8-16-38)48-53(5,49(60)47(46(32)52(55,3)4)65-45(59)26-22-35-20-24-37-14-10-12-18-40(37)28-35)42(29-43-54(48,31-63-43)67-33(2)56)64-44(58)25-21-34-19-23-36-13-9-11-17-39(36)27-34/h6-28,41-43,47-48,50,57,62H,29-31H2,1-5H3/b25-21+,26-22+/t41-,42-,43+,47+,48-,50-,53+,54-,55+/m0/s1. The Morgan fingerprint density at radius 3 is 1.84 bits per heavy atom. The van der Waals surface area contributed by atoms with Crippen LogP contribution in [-0.2, 0) is 42.9 Å². The summed E-state index contributed by atoms with van der Waals surface area (Å²) in [5.74, 6) is -5.69. The van der Waals surface area contributed by atoms with Crippen molar-refractivity contribution in [2.45, 2.75) is 89.2 Å². The number of carbonyl (C=O) groups excluding carboxylic acids is 5. The Kier molecular flexibility index (Phi) is 11.6. The van der Waals surface area contributed by atoms with Crippen molar-refractivity contribution in [2.75, 3.05) is 6.61 Å². The van der Waals surface area contributed by atoms with Crippen molar-refractivity contribution in [2.24, 2.45) is 16.7 Å². The Morgan fingerprint density at radius 1 is 0.731 bits per heavy atom. The minimum absolute atomic E-state index is 0.0847. The first-order chi connectivity index (χ1) is 32.0. The third-order valence-corrected chi connectivity index (χ3v) is 14.8. The molecule has 0 spiro atoms. The normalized spacial score (nSPS) is 29.9. The summed E-state index contributed by atoms with van der Waals surface area (Å²) in [7, 11) is 0. The van der Waals surface area contributed by atoms with Crippen LogP contribution in [-0.4, -0.2) is 88.2 Å². The maximum Gasteiger partial charge on any atom is 0.338 e. The molecule has 0 unspecified atom stereocenters. The summed E-state index contributed by atoms with van der Waals surface area (Å²) in [6, 6.07) is 34.9. The fraction of sp³-hybridized carbons (Fsp3) is 0.327. The number of esters is 4. The fourth-order valence-electron chi connectivity index (χ4n) is 11.2. The van der Waals surface area contributed by atoms with E-state index >= 15 is 4.79 Å². The van der Waals surface area contributed by atoms with Gasteiger partial charge in [0.1, 0.15) is 23.9 Å². The molecule has 9 rings (SSSR count). The summed E-state index contributed by atoms with van der Waals surface area (Å²) in [4.78, 5) is 72.2. The van der Waals surface area contributed by atoms with E-state index in [1.807, 2.05) is 84.9 Å². The van der Waals surface area contributed by atoms with E-state index < -0.39 is 94.6 Å². The fourth-order valence-corrected chi connectivity index (χ4v) is 11.2. The number of aliphatic hydroxyl groups is 2. The van der Waals surface area contributed by atoms with Crippen LogP contribution in [0.4, 0.5) is 0 Å². The average molecular weight is 905 g/mol. The molecule has 344 valence electrons. The lowest BCUT2D eigenvalue weighted by molar-refractivity contribution is -0.346. The number of aliphatic hydroxyl groups excluding tert-OH is 1. The summed E-state index contributed by atoms with van der Waals surface area (Å²) in [5, 5.41) is 29.4. The molecule has 1 saturated heterocycles. The number of ether oxygens (including phenoxy) is 5. The number of rotatable bonds is 9. The zero-order valence-electron chi connectivity index (χ0n) is 37.8. The van der Waals surface area contributed by atoms with Crippen molar-refractivity contribution in [1.82, 2.24) is 0 Å². The first-order valence-electron chi connectivity index (χ1n) is 22.4. The number of Topliss-reactive ketones (excluding diaryl/α,β-unsaturated/α-hetero) is 1. The first-order valence-corrected chi connectivity index (χ1v) is 22.4. The number of ketones is 1. The molecule has 2 N–H and O–H groups in total. The van der Waals surface area contributed by atoms with Crippen LogP contribution in [0.15, 0.2) is 139 Å². The largest absolute Gasteiger partial charge is 0.458 e. The highest BCUT2D eigenvalue weighted by molar-refractivity contribution is 5.98. The van der Waals surface area contributed by atoms with Crippen molar-refractivity contribution < 1.29 is 57.9 Å². The van der Waals surface area contributed by atoms with Crippen molar-refractivity contribution in [3.8, 4) is 0 Å². The molecule has 0 aromatic heterocycles. The second kappa shape index (κ2) is 17.2. The van der Waals surface area contributed by atoms with Gasteiger partial charge in [0.05, 0.1) is 29.6 Å². The van der Waals surface area contributed by atoms with Gasteiger partial charge in [-0.2, -0.15) is 0 Å². The van der Waals surface area contributed by atoms with Crippen molar-refractivity contribution >= 4 is 63.4 Å². The zero-order valence-corrected chi connectivity index (χ0v) is 37.8. The topological polar surface area (TPSA) is 172 Å². The third-order valence-electron chi connectivity index (χ3n) is 14.8. The predicted octanol–water partition coefficient (Wildman–Crippen LogP) is 7.92. The number of hydrogen-bond acceptors (Lipinski definition) is 12. The molecule has 9 atom stereocenters. The van der Waals surface area contributed by atoms with Gasteiger partial charge in [-0.15, -0.1) is 0 Å². The zero-order chi connectivity index (χ0) is 47.5. The van der Waals surface area contributed by atoms with E-state index in [2.05, 4.69) is 0 Å². The van der Waals surface area contributed by atoms with Crippen molar-refractivity contribution in [1.29, 1.82) is 0 Å². The number of fused-ring (bicyclic) bond motifs is 7. The van der Waals surface area contributed by atoms with Gasteiger partial charge >= 0.3 is 23.9 Å². The van der Waals surface area contributed by atoms with Crippen LogP contribution in [0.3, 0.4) is 0 Å². The van der Waals surface area contributed by atoms with Gasteiger partial charge in [0, 0.05) is 37.3 Å². The molecule has 0 radical (unpaired) electrons. The predicted molar refractivity (Wildman–Crippen MR) is 249 cm³/mol. The van der Waals surface area contributed by atoms with Crippen LogP contribution >= 0.6 is 0 Å². The summed E-state index contributed by atoms with van der Waals surface area (Å²) in [5.41, 5.74) is -5.82. The van der Waals surface area contributed by atoms with E-state index in [0.717, 1.165) is 21.5 Å². The van der Waals surface area contributed by atoms with Gasteiger partial charge in [0.2, 0.25) is 0 Å². The number of hydrogen-bond donors (Lipinski definition) is 2. The Hall–Kier alpha value is -6.73. The molecule has 12 heteroatoms. The Labute approximate surface area is 387 Å². The molecule has 5 aromatic carbocycles. The molecule has 1 aliphatic heterocycles. The molecule has 2 saturated carbocycles. The average Bonchev–Trinajstić information content (AvgIpc) is 3.31. The highest BCUT2D eigenvalue weighted by Gasteiger charge is 2.79. The second-order valence-corrected chi connectivity index (χ2v) is 18.9. The maximum absolute atomic E-state index is 16.2. The molecule has 3 fully saturated rings. The number of carbonyl (C=O) groups is 5.